The summed E-state index contributed by atoms with van der Waals surface area (Å²) in [6.45, 7) is 0.899. The van der Waals surface area contributed by atoms with E-state index in [1.54, 1.807) is 0 Å². The number of thioether (sulfide) groups is 1. The van der Waals surface area contributed by atoms with Crippen LogP contribution in [0.25, 0.3) is 0 Å². The first kappa shape index (κ1) is 13.2. The molecule has 0 amide bonds. The highest BCUT2D eigenvalue weighted by Gasteiger charge is 2.42. The Balaban J connectivity index is 1.63. The molecule has 2 nitrogen and oxygen atoms in total. The molecular formula is C14H25FN2S. The topological polar surface area (TPSA) is 29.3 Å². The summed E-state index contributed by atoms with van der Waals surface area (Å²) in [6.07, 6.45) is 8.79. The molecule has 4 heteroatoms. The van der Waals surface area contributed by atoms with Gasteiger partial charge in [0.1, 0.15) is 11.7 Å². The largest absolute Gasteiger partial charge is 0.307 e. The van der Waals surface area contributed by atoms with E-state index in [0.717, 1.165) is 31.1 Å². The molecule has 3 aliphatic rings. The van der Waals surface area contributed by atoms with E-state index in [1.807, 2.05) is 11.8 Å². The summed E-state index contributed by atoms with van der Waals surface area (Å²) in [7, 11) is 0. The fraction of sp³-hybridized carbons (Fsp3) is 1.00. The first-order valence-electron chi connectivity index (χ1n) is 7.56. The number of alkyl halides is 1. The van der Waals surface area contributed by atoms with Gasteiger partial charge in [0.15, 0.2) is 0 Å². The van der Waals surface area contributed by atoms with Gasteiger partial charge < -0.3 is 5.73 Å². The zero-order valence-electron chi connectivity index (χ0n) is 11.1. The van der Waals surface area contributed by atoms with Gasteiger partial charge in [0.05, 0.1) is 0 Å². The molecule has 0 aromatic rings. The molecule has 3 rings (SSSR count). The van der Waals surface area contributed by atoms with E-state index < -0.39 is 6.17 Å². The Morgan fingerprint density at radius 2 is 1.78 bits per heavy atom. The van der Waals surface area contributed by atoms with Gasteiger partial charge in [-0.25, -0.2) is 4.39 Å². The zero-order valence-corrected chi connectivity index (χ0v) is 11.9. The van der Waals surface area contributed by atoms with Crippen molar-refractivity contribution in [1.29, 1.82) is 0 Å². The SMILES string of the molecule is NC1SC2CCCCC2N1CC1CCCCC1F. The van der Waals surface area contributed by atoms with Gasteiger partial charge in [0, 0.05) is 23.8 Å². The van der Waals surface area contributed by atoms with Gasteiger partial charge >= 0.3 is 0 Å². The second-order valence-electron chi connectivity index (χ2n) is 6.17. The van der Waals surface area contributed by atoms with Crippen LogP contribution in [-0.2, 0) is 0 Å². The smallest absolute Gasteiger partial charge is 0.106 e. The minimum absolute atomic E-state index is 0.118. The van der Waals surface area contributed by atoms with Crippen molar-refractivity contribution in [2.24, 2.45) is 11.7 Å². The van der Waals surface area contributed by atoms with Crippen LogP contribution in [0.3, 0.4) is 0 Å². The lowest BCUT2D eigenvalue weighted by molar-refractivity contribution is 0.0842. The van der Waals surface area contributed by atoms with Crippen molar-refractivity contribution in [3.63, 3.8) is 0 Å². The number of fused-ring (bicyclic) bond motifs is 1. The van der Waals surface area contributed by atoms with Crippen LogP contribution in [0.1, 0.15) is 51.4 Å². The Labute approximate surface area is 114 Å². The Morgan fingerprint density at radius 1 is 1.06 bits per heavy atom. The van der Waals surface area contributed by atoms with Crippen molar-refractivity contribution in [3.05, 3.63) is 0 Å². The average Bonchev–Trinajstić information content (AvgIpc) is 2.69. The lowest BCUT2D eigenvalue weighted by Gasteiger charge is -2.36. The second kappa shape index (κ2) is 5.68. The lowest BCUT2D eigenvalue weighted by Crippen LogP contribution is -2.47. The van der Waals surface area contributed by atoms with Crippen molar-refractivity contribution >= 4 is 11.8 Å². The number of halogens is 1. The summed E-state index contributed by atoms with van der Waals surface area (Å²) in [6, 6.07) is 0.632. The van der Waals surface area contributed by atoms with E-state index in [0.29, 0.717) is 6.04 Å². The molecule has 18 heavy (non-hydrogen) atoms. The van der Waals surface area contributed by atoms with E-state index in [9.17, 15) is 4.39 Å². The van der Waals surface area contributed by atoms with Crippen LogP contribution < -0.4 is 5.73 Å². The minimum atomic E-state index is -0.585. The standard InChI is InChI=1S/C14H25FN2S/c15-11-6-2-1-5-10(11)9-17-12-7-3-4-8-13(12)18-14(17)16/h10-14H,1-9,16H2. The Morgan fingerprint density at radius 3 is 2.61 bits per heavy atom. The molecule has 0 bridgehead atoms. The van der Waals surface area contributed by atoms with Gasteiger partial charge in [-0.3, -0.25) is 4.90 Å². The number of hydrogen-bond donors (Lipinski definition) is 1. The maximum atomic E-state index is 14.0. The summed E-state index contributed by atoms with van der Waals surface area (Å²) in [5.74, 6) is 0.242. The van der Waals surface area contributed by atoms with E-state index in [-0.39, 0.29) is 11.4 Å². The number of hydrogen-bond acceptors (Lipinski definition) is 3. The molecule has 1 aliphatic heterocycles. The third-order valence-corrected chi connectivity index (χ3v) is 6.45. The van der Waals surface area contributed by atoms with Gasteiger partial charge in [0.2, 0.25) is 0 Å². The quantitative estimate of drug-likeness (QED) is 0.837. The first-order valence-corrected chi connectivity index (χ1v) is 8.51. The molecule has 0 aromatic heterocycles. The molecular weight excluding hydrogens is 247 g/mol. The van der Waals surface area contributed by atoms with Gasteiger partial charge in [-0.15, -0.1) is 11.8 Å². The van der Waals surface area contributed by atoms with E-state index in [4.69, 9.17) is 5.73 Å². The molecule has 2 saturated carbocycles. The van der Waals surface area contributed by atoms with Gasteiger partial charge in [0.25, 0.3) is 0 Å². The monoisotopic (exact) mass is 272 g/mol. The highest BCUT2D eigenvalue weighted by Crippen LogP contribution is 2.42. The van der Waals surface area contributed by atoms with E-state index in [2.05, 4.69) is 4.90 Å². The number of nitrogens with zero attached hydrogens (tertiary/aromatic N) is 1. The average molecular weight is 272 g/mol. The maximum Gasteiger partial charge on any atom is 0.106 e. The molecule has 5 unspecified atom stereocenters. The Bertz CT molecular complexity index is 289. The molecule has 3 fully saturated rings. The molecule has 0 spiro atoms. The third-order valence-electron chi connectivity index (χ3n) is 5.00. The molecule has 0 radical (unpaired) electrons. The second-order valence-corrected chi connectivity index (χ2v) is 7.53. The zero-order chi connectivity index (χ0) is 12.5. The van der Waals surface area contributed by atoms with Crippen LogP contribution in [0.5, 0.6) is 0 Å². The predicted octanol–water partition coefficient (Wildman–Crippen LogP) is 3.12. The molecule has 104 valence electrons. The minimum Gasteiger partial charge on any atom is -0.307 e. The van der Waals surface area contributed by atoms with Crippen LogP contribution in [-0.4, -0.2) is 34.4 Å². The van der Waals surface area contributed by atoms with Crippen LogP contribution in [0, 0.1) is 5.92 Å². The van der Waals surface area contributed by atoms with Crippen LogP contribution in [0.4, 0.5) is 4.39 Å². The summed E-state index contributed by atoms with van der Waals surface area (Å²) < 4.78 is 14.0. The number of nitrogens with two attached hydrogens (primary N) is 1. The summed E-state index contributed by atoms with van der Waals surface area (Å²) in [4.78, 5) is 2.43. The van der Waals surface area contributed by atoms with E-state index >= 15 is 0 Å². The molecule has 5 atom stereocenters. The summed E-state index contributed by atoms with van der Waals surface area (Å²) >= 11 is 1.93. The first-order chi connectivity index (χ1) is 8.75. The highest BCUT2D eigenvalue weighted by atomic mass is 32.2. The maximum absolute atomic E-state index is 14.0. The summed E-state index contributed by atoms with van der Waals surface area (Å²) in [5.41, 5.74) is 6.39. The van der Waals surface area contributed by atoms with Crippen molar-refractivity contribution < 1.29 is 4.39 Å². The molecule has 0 aromatic carbocycles. The van der Waals surface area contributed by atoms with Crippen LogP contribution >= 0.6 is 11.8 Å². The fourth-order valence-electron chi connectivity index (χ4n) is 3.94. The lowest BCUT2D eigenvalue weighted by atomic mass is 9.86. The van der Waals surface area contributed by atoms with E-state index in [1.165, 1.54) is 32.1 Å². The normalized spacial score (nSPS) is 46.0. The number of rotatable bonds is 2. The van der Waals surface area contributed by atoms with Gasteiger partial charge in [-0.2, -0.15) is 0 Å². The molecule has 2 N–H and O–H groups in total. The van der Waals surface area contributed by atoms with Crippen molar-refractivity contribution in [2.45, 2.75) is 74.3 Å². The van der Waals surface area contributed by atoms with Crippen molar-refractivity contribution in [1.82, 2.24) is 4.90 Å². The molecule has 1 saturated heterocycles. The van der Waals surface area contributed by atoms with Crippen molar-refractivity contribution in [3.8, 4) is 0 Å². The Hall–Kier alpha value is 0.200. The Kier molecular flexibility index (Phi) is 4.16. The van der Waals surface area contributed by atoms with Crippen LogP contribution in [0.15, 0.2) is 0 Å². The van der Waals surface area contributed by atoms with Gasteiger partial charge in [-0.05, 0) is 25.7 Å². The fourth-order valence-corrected chi connectivity index (χ4v) is 5.47. The van der Waals surface area contributed by atoms with Crippen molar-refractivity contribution in [2.75, 3.05) is 6.54 Å². The molecule has 2 aliphatic carbocycles. The highest BCUT2D eigenvalue weighted by molar-refractivity contribution is 8.00. The third kappa shape index (κ3) is 2.56. The van der Waals surface area contributed by atoms with Gasteiger partial charge in [-0.1, -0.05) is 25.7 Å². The summed E-state index contributed by atoms with van der Waals surface area (Å²) in [5, 5.41) is 0.718. The predicted molar refractivity (Wildman–Crippen MR) is 75.2 cm³/mol. The molecule has 1 heterocycles. The van der Waals surface area contributed by atoms with Crippen LogP contribution in [0.2, 0.25) is 0 Å².